The van der Waals surface area contributed by atoms with Crippen LogP contribution in [0.3, 0.4) is 0 Å². The topological polar surface area (TPSA) is 75.0 Å². The quantitative estimate of drug-likeness (QED) is 0.801. The highest BCUT2D eigenvalue weighted by Gasteiger charge is 2.18. The maximum Gasteiger partial charge on any atom is 0.230 e. The van der Waals surface area contributed by atoms with E-state index in [1.54, 1.807) is 0 Å². The molecule has 0 unspecified atom stereocenters. The van der Waals surface area contributed by atoms with Gasteiger partial charge in [0.15, 0.2) is 0 Å². The van der Waals surface area contributed by atoms with Gasteiger partial charge in [-0.15, -0.1) is 0 Å². The van der Waals surface area contributed by atoms with Gasteiger partial charge in [0.2, 0.25) is 5.91 Å². The number of aromatic nitrogens is 1. The average Bonchev–Trinajstić information content (AvgIpc) is 3.12. The molecule has 2 aromatic rings. The number of hydrogen-bond acceptors (Lipinski definition) is 5. The molecule has 0 bridgehead atoms. The summed E-state index contributed by atoms with van der Waals surface area (Å²) in [6.07, 6.45) is 4.50. The van der Waals surface area contributed by atoms with Gasteiger partial charge < -0.3 is 10.1 Å². The fraction of sp³-hybridized carbons (Fsp3) is 0.421. The normalized spacial score (nSPS) is 14.4. The number of nitrogens with zero attached hydrogens (tertiary/aromatic N) is 2. The highest BCUT2D eigenvalue weighted by atomic mass is 32.2. The van der Waals surface area contributed by atoms with E-state index in [9.17, 15) is 10.1 Å². The van der Waals surface area contributed by atoms with Gasteiger partial charge >= 0.3 is 0 Å². The van der Waals surface area contributed by atoms with E-state index in [0.29, 0.717) is 23.2 Å². The van der Waals surface area contributed by atoms with Gasteiger partial charge in [0, 0.05) is 17.5 Å². The summed E-state index contributed by atoms with van der Waals surface area (Å²) in [4.78, 5) is 16.7. The van der Waals surface area contributed by atoms with Crippen LogP contribution in [0.4, 0.5) is 0 Å². The largest absolute Gasteiger partial charge is 0.494 e. The van der Waals surface area contributed by atoms with Crippen LogP contribution in [0.1, 0.15) is 38.2 Å². The minimum Gasteiger partial charge on any atom is -0.494 e. The van der Waals surface area contributed by atoms with Crippen LogP contribution < -0.4 is 10.1 Å². The zero-order chi connectivity index (χ0) is 17.6. The minimum atomic E-state index is 0.00533. The third-order valence-electron chi connectivity index (χ3n) is 4.25. The second kappa shape index (κ2) is 8.21. The molecule has 1 amide bonds. The van der Waals surface area contributed by atoms with Crippen molar-refractivity contribution >= 4 is 28.6 Å². The molecule has 5 nitrogen and oxygen atoms in total. The molecular formula is C19H21N3O2S. The Morgan fingerprint density at radius 2 is 2.20 bits per heavy atom. The van der Waals surface area contributed by atoms with Crippen molar-refractivity contribution in [3.8, 4) is 11.8 Å². The van der Waals surface area contributed by atoms with Gasteiger partial charge in [0.05, 0.1) is 23.4 Å². The van der Waals surface area contributed by atoms with E-state index in [0.717, 1.165) is 29.5 Å². The molecule has 1 heterocycles. The lowest BCUT2D eigenvalue weighted by Gasteiger charge is -2.12. The van der Waals surface area contributed by atoms with E-state index in [1.807, 2.05) is 31.2 Å². The summed E-state index contributed by atoms with van der Waals surface area (Å²) in [6.45, 7) is 2.52. The molecule has 25 heavy (non-hydrogen) atoms. The molecule has 1 saturated carbocycles. The maximum absolute atomic E-state index is 12.1. The monoisotopic (exact) mass is 355 g/mol. The Bertz CT molecular complexity index is 810. The van der Waals surface area contributed by atoms with Crippen LogP contribution >= 0.6 is 11.8 Å². The molecule has 1 N–H and O–H groups in total. The van der Waals surface area contributed by atoms with Gasteiger partial charge in [-0.1, -0.05) is 24.6 Å². The summed E-state index contributed by atoms with van der Waals surface area (Å²) in [5.74, 6) is 1.03. The number of nitriles is 1. The summed E-state index contributed by atoms with van der Waals surface area (Å²) in [7, 11) is 0. The van der Waals surface area contributed by atoms with E-state index >= 15 is 0 Å². The first-order valence-electron chi connectivity index (χ1n) is 8.59. The predicted molar refractivity (Wildman–Crippen MR) is 98.7 cm³/mol. The fourth-order valence-corrected chi connectivity index (χ4v) is 3.82. The van der Waals surface area contributed by atoms with E-state index < -0.39 is 0 Å². The van der Waals surface area contributed by atoms with Crippen molar-refractivity contribution < 1.29 is 9.53 Å². The number of amides is 1. The van der Waals surface area contributed by atoms with Crippen molar-refractivity contribution in [2.24, 2.45) is 0 Å². The molecule has 0 atom stereocenters. The smallest absolute Gasteiger partial charge is 0.230 e. The molecular weight excluding hydrogens is 334 g/mol. The van der Waals surface area contributed by atoms with E-state index in [4.69, 9.17) is 4.74 Å². The van der Waals surface area contributed by atoms with Crippen LogP contribution in [0.2, 0.25) is 0 Å². The lowest BCUT2D eigenvalue weighted by molar-refractivity contribution is -0.119. The van der Waals surface area contributed by atoms with E-state index in [2.05, 4.69) is 16.4 Å². The van der Waals surface area contributed by atoms with Gasteiger partial charge in [-0.25, -0.2) is 4.98 Å². The zero-order valence-electron chi connectivity index (χ0n) is 14.2. The molecule has 0 saturated heterocycles. The van der Waals surface area contributed by atoms with Crippen molar-refractivity contribution in [3.05, 3.63) is 29.8 Å². The minimum absolute atomic E-state index is 0.00533. The van der Waals surface area contributed by atoms with Crippen LogP contribution in [0, 0.1) is 11.3 Å². The third-order valence-corrected chi connectivity index (χ3v) is 5.24. The van der Waals surface area contributed by atoms with Crippen molar-refractivity contribution in [2.45, 2.75) is 43.7 Å². The molecule has 0 radical (unpaired) electrons. The summed E-state index contributed by atoms with van der Waals surface area (Å²) >= 11 is 1.31. The molecule has 1 aromatic carbocycles. The molecule has 0 spiro atoms. The number of thioether (sulfide) groups is 1. The van der Waals surface area contributed by atoms with Crippen molar-refractivity contribution in [2.75, 3.05) is 12.4 Å². The number of carbonyl (C=O) groups is 1. The van der Waals surface area contributed by atoms with Gasteiger partial charge in [0.1, 0.15) is 16.8 Å². The first-order chi connectivity index (χ1) is 12.2. The Balaban J connectivity index is 1.74. The lowest BCUT2D eigenvalue weighted by Crippen LogP contribution is -2.33. The lowest BCUT2D eigenvalue weighted by atomic mass is 10.1. The highest BCUT2D eigenvalue weighted by Crippen LogP contribution is 2.27. The molecule has 1 aromatic heterocycles. The van der Waals surface area contributed by atoms with E-state index in [1.165, 1.54) is 24.6 Å². The molecule has 1 fully saturated rings. The van der Waals surface area contributed by atoms with Crippen molar-refractivity contribution in [3.63, 3.8) is 0 Å². The number of carbonyl (C=O) groups excluding carboxylic acids is 1. The zero-order valence-corrected chi connectivity index (χ0v) is 15.1. The van der Waals surface area contributed by atoms with Crippen LogP contribution in [-0.2, 0) is 4.79 Å². The van der Waals surface area contributed by atoms with Crippen LogP contribution in [0.25, 0.3) is 10.9 Å². The number of fused-ring (bicyclic) bond motifs is 1. The maximum atomic E-state index is 12.1. The molecule has 1 aliphatic rings. The summed E-state index contributed by atoms with van der Waals surface area (Å²) in [6, 6.07) is 9.93. The van der Waals surface area contributed by atoms with Crippen LogP contribution in [0.15, 0.2) is 29.3 Å². The number of ether oxygens (including phenoxy) is 1. The predicted octanol–water partition coefficient (Wildman–Crippen LogP) is 3.66. The Labute approximate surface area is 151 Å². The van der Waals surface area contributed by atoms with Gasteiger partial charge in [-0.3, -0.25) is 4.79 Å². The second-order valence-corrected chi connectivity index (χ2v) is 7.04. The van der Waals surface area contributed by atoms with E-state index in [-0.39, 0.29) is 11.7 Å². The summed E-state index contributed by atoms with van der Waals surface area (Å²) in [5, 5.41) is 13.9. The third kappa shape index (κ3) is 4.43. The Hall–Kier alpha value is -2.26. The van der Waals surface area contributed by atoms with Gasteiger partial charge in [0.25, 0.3) is 0 Å². The van der Waals surface area contributed by atoms with Gasteiger partial charge in [-0.05, 0) is 38.0 Å². The summed E-state index contributed by atoms with van der Waals surface area (Å²) in [5.41, 5.74) is 1.26. The van der Waals surface area contributed by atoms with Crippen molar-refractivity contribution in [1.82, 2.24) is 10.3 Å². The number of benzene rings is 1. The highest BCUT2D eigenvalue weighted by molar-refractivity contribution is 8.00. The Kier molecular flexibility index (Phi) is 5.77. The number of rotatable bonds is 6. The standard InChI is InChI=1S/C19H21N3O2S/c1-2-24-16-8-7-13-9-14(11-20)19(22-17(13)10-16)25-12-18(23)21-15-5-3-4-6-15/h7-10,15H,2-6,12H2,1H3,(H,21,23). The summed E-state index contributed by atoms with van der Waals surface area (Å²) < 4.78 is 5.51. The van der Waals surface area contributed by atoms with Crippen molar-refractivity contribution in [1.29, 1.82) is 5.26 Å². The molecule has 1 aliphatic carbocycles. The molecule has 6 heteroatoms. The van der Waals surface area contributed by atoms with Crippen LogP contribution in [-0.4, -0.2) is 29.3 Å². The molecule has 130 valence electrons. The number of nitrogens with one attached hydrogen (secondary N) is 1. The number of hydrogen-bond donors (Lipinski definition) is 1. The molecule has 3 rings (SSSR count). The Morgan fingerprint density at radius 1 is 1.40 bits per heavy atom. The first kappa shape index (κ1) is 17.6. The SMILES string of the molecule is CCOc1ccc2cc(C#N)c(SCC(=O)NC3CCCC3)nc2c1. The second-order valence-electron chi connectivity index (χ2n) is 6.08. The first-order valence-corrected chi connectivity index (χ1v) is 9.58. The Morgan fingerprint density at radius 3 is 2.92 bits per heavy atom. The fourth-order valence-electron chi connectivity index (χ4n) is 3.05. The number of pyridine rings is 1. The van der Waals surface area contributed by atoms with Crippen LogP contribution in [0.5, 0.6) is 5.75 Å². The van der Waals surface area contributed by atoms with Gasteiger partial charge in [-0.2, -0.15) is 5.26 Å². The average molecular weight is 355 g/mol. The molecule has 0 aliphatic heterocycles.